The number of esters is 1. The predicted molar refractivity (Wildman–Crippen MR) is 103 cm³/mol. The van der Waals surface area contributed by atoms with Crippen LogP contribution >= 0.6 is 11.6 Å². The number of hydrogen-bond donors (Lipinski definition) is 1. The largest absolute Gasteiger partial charge is 0.463 e. The molecule has 2 aliphatic rings. The third-order valence-corrected chi connectivity index (χ3v) is 5.59. The van der Waals surface area contributed by atoms with E-state index in [0.717, 1.165) is 16.7 Å². The number of carbonyl (C=O) groups excluding carboxylic acids is 2. The second-order valence-electron chi connectivity index (χ2n) is 7.03. The number of amides is 1. The normalized spacial score (nSPS) is 19.5. The number of ether oxygens (including phenoxy) is 1. The number of hydrogen-bond acceptors (Lipinski definition) is 5. The predicted octanol–water partition coefficient (Wildman–Crippen LogP) is 2.80. The summed E-state index contributed by atoms with van der Waals surface area (Å²) in [6.45, 7) is 7.05. The van der Waals surface area contributed by atoms with Crippen molar-refractivity contribution < 1.29 is 19.2 Å². The molecule has 0 saturated carbocycles. The molecule has 0 unspecified atom stereocenters. The van der Waals surface area contributed by atoms with Crippen LogP contribution in [-0.4, -0.2) is 49.3 Å². The molecule has 1 aromatic rings. The summed E-state index contributed by atoms with van der Waals surface area (Å²) in [6, 6.07) is 3.62. The second-order valence-corrected chi connectivity index (χ2v) is 7.47. The van der Waals surface area contributed by atoms with Gasteiger partial charge in [-0.3, -0.25) is 4.79 Å². The Morgan fingerprint density at radius 1 is 1.26 bits per heavy atom. The Bertz CT molecular complexity index is 787. The lowest BCUT2D eigenvalue weighted by molar-refractivity contribution is -0.153. The Morgan fingerprint density at radius 2 is 1.85 bits per heavy atom. The Labute approximate surface area is 164 Å². The highest BCUT2D eigenvalue weighted by atomic mass is 35.5. The monoisotopic (exact) mass is 392 g/mol. The molecule has 27 heavy (non-hydrogen) atoms. The van der Waals surface area contributed by atoms with Crippen molar-refractivity contribution in [2.24, 2.45) is 0 Å². The molecule has 1 saturated heterocycles. The second kappa shape index (κ2) is 7.62. The fourth-order valence-electron chi connectivity index (χ4n) is 4.16. The fourth-order valence-corrected chi connectivity index (χ4v) is 4.49. The summed E-state index contributed by atoms with van der Waals surface area (Å²) in [4.78, 5) is 31.3. The van der Waals surface area contributed by atoms with Gasteiger partial charge < -0.3 is 14.9 Å². The molecular formula is C20H25ClN2O4. The number of hydroxylamine groups is 2. The molecular weight excluding hydrogens is 368 g/mol. The van der Waals surface area contributed by atoms with Crippen LogP contribution in [0.1, 0.15) is 36.5 Å². The van der Waals surface area contributed by atoms with Crippen molar-refractivity contribution >= 4 is 29.1 Å². The molecule has 0 atom stereocenters. The fraction of sp³-hybridized carbons (Fsp3) is 0.500. The van der Waals surface area contributed by atoms with E-state index in [0.29, 0.717) is 42.1 Å². The summed E-state index contributed by atoms with van der Waals surface area (Å²) >= 11 is 6.16. The van der Waals surface area contributed by atoms with E-state index in [1.165, 1.54) is 0 Å². The summed E-state index contributed by atoms with van der Waals surface area (Å²) < 4.78 is 5.35. The van der Waals surface area contributed by atoms with E-state index in [9.17, 15) is 9.59 Å². The van der Waals surface area contributed by atoms with Crippen LogP contribution in [0.15, 0.2) is 17.7 Å². The van der Waals surface area contributed by atoms with Crippen LogP contribution < -0.4 is 5.32 Å². The molecule has 0 radical (unpaired) electrons. The summed E-state index contributed by atoms with van der Waals surface area (Å²) in [5.74, 6) is -0.678. The topological polar surface area (TPSA) is 67.9 Å². The lowest BCUT2D eigenvalue weighted by atomic mass is 9.79. The van der Waals surface area contributed by atoms with Crippen LogP contribution in [0.5, 0.6) is 0 Å². The zero-order valence-corrected chi connectivity index (χ0v) is 16.9. The Hall–Kier alpha value is -1.89. The van der Waals surface area contributed by atoms with Crippen molar-refractivity contribution in [2.45, 2.75) is 39.2 Å². The minimum atomic E-state index is -0.730. The van der Waals surface area contributed by atoms with Gasteiger partial charge in [-0.1, -0.05) is 11.6 Å². The standard InChI is InChI=1S/C20H25ClN2O4/c1-5-27-19(25)17-16(15-12(2)10-14(21)11-13(15)3)18(24)22-20(17)6-8-23(26-4)9-7-20/h10-11H,5-9H2,1-4H3,(H,22,24). The number of aryl methyl sites for hydroxylation is 2. The first kappa shape index (κ1) is 19.9. The molecule has 1 fully saturated rings. The summed E-state index contributed by atoms with van der Waals surface area (Å²) in [6.07, 6.45) is 1.16. The average Bonchev–Trinajstić information content (AvgIpc) is 2.87. The molecule has 7 heteroatoms. The van der Waals surface area contributed by atoms with E-state index in [1.54, 1.807) is 14.0 Å². The number of halogens is 1. The zero-order valence-electron chi connectivity index (χ0n) is 16.1. The smallest absolute Gasteiger partial charge is 0.337 e. The van der Waals surface area contributed by atoms with Crippen LogP contribution in [-0.2, 0) is 19.2 Å². The van der Waals surface area contributed by atoms with Crippen molar-refractivity contribution in [3.8, 4) is 0 Å². The summed E-state index contributed by atoms with van der Waals surface area (Å²) in [5, 5.41) is 5.53. The van der Waals surface area contributed by atoms with Gasteiger partial charge in [0.15, 0.2) is 0 Å². The van der Waals surface area contributed by atoms with Crippen LogP contribution in [0.3, 0.4) is 0 Å². The Balaban J connectivity index is 2.18. The van der Waals surface area contributed by atoms with Gasteiger partial charge in [0.2, 0.25) is 0 Å². The van der Waals surface area contributed by atoms with E-state index in [-0.39, 0.29) is 12.5 Å². The third kappa shape index (κ3) is 3.49. The molecule has 1 amide bonds. The first-order chi connectivity index (χ1) is 12.8. The quantitative estimate of drug-likeness (QED) is 0.798. The molecule has 3 rings (SSSR count). The Kier molecular flexibility index (Phi) is 5.60. The lowest BCUT2D eigenvalue weighted by Crippen LogP contribution is -2.53. The van der Waals surface area contributed by atoms with Gasteiger partial charge in [0, 0.05) is 18.1 Å². The van der Waals surface area contributed by atoms with Gasteiger partial charge in [-0.2, -0.15) is 5.06 Å². The highest BCUT2D eigenvalue weighted by Gasteiger charge is 2.51. The maximum atomic E-state index is 13.1. The highest BCUT2D eigenvalue weighted by Crippen LogP contribution is 2.42. The van der Waals surface area contributed by atoms with Crippen molar-refractivity contribution in [3.05, 3.63) is 39.4 Å². The molecule has 2 aliphatic heterocycles. The molecule has 1 spiro atoms. The zero-order chi connectivity index (χ0) is 19.8. The molecule has 0 bridgehead atoms. The van der Waals surface area contributed by atoms with Gasteiger partial charge in [0.1, 0.15) is 0 Å². The van der Waals surface area contributed by atoms with Crippen molar-refractivity contribution in [1.82, 2.24) is 10.4 Å². The lowest BCUT2D eigenvalue weighted by Gasteiger charge is -2.39. The number of nitrogens with zero attached hydrogens (tertiary/aromatic N) is 1. The molecule has 2 heterocycles. The van der Waals surface area contributed by atoms with E-state index in [4.69, 9.17) is 21.2 Å². The van der Waals surface area contributed by atoms with Gasteiger partial charge in [0.25, 0.3) is 5.91 Å². The van der Waals surface area contributed by atoms with Crippen LogP contribution in [0.4, 0.5) is 0 Å². The number of piperidine rings is 1. The SMILES string of the molecule is CCOC(=O)C1=C(c2c(C)cc(Cl)cc2C)C(=O)NC12CCN(OC)CC2. The molecule has 0 aromatic heterocycles. The van der Waals surface area contributed by atoms with Crippen molar-refractivity contribution in [1.29, 1.82) is 0 Å². The molecule has 146 valence electrons. The number of benzene rings is 1. The number of nitrogens with one attached hydrogen (secondary N) is 1. The maximum Gasteiger partial charge on any atom is 0.337 e. The average molecular weight is 393 g/mol. The first-order valence-electron chi connectivity index (χ1n) is 9.13. The third-order valence-electron chi connectivity index (χ3n) is 5.37. The van der Waals surface area contributed by atoms with Gasteiger partial charge in [-0.25, -0.2) is 4.79 Å². The van der Waals surface area contributed by atoms with Crippen molar-refractivity contribution in [2.75, 3.05) is 26.8 Å². The van der Waals surface area contributed by atoms with E-state index in [2.05, 4.69) is 5.32 Å². The van der Waals surface area contributed by atoms with E-state index in [1.807, 2.05) is 31.0 Å². The van der Waals surface area contributed by atoms with Gasteiger partial charge in [-0.05, 0) is 62.4 Å². The number of rotatable bonds is 4. The summed E-state index contributed by atoms with van der Waals surface area (Å²) in [7, 11) is 1.62. The van der Waals surface area contributed by atoms with E-state index < -0.39 is 11.5 Å². The van der Waals surface area contributed by atoms with Crippen LogP contribution in [0.25, 0.3) is 5.57 Å². The highest BCUT2D eigenvalue weighted by molar-refractivity contribution is 6.32. The van der Waals surface area contributed by atoms with Crippen LogP contribution in [0.2, 0.25) is 5.02 Å². The van der Waals surface area contributed by atoms with Gasteiger partial charge >= 0.3 is 5.97 Å². The maximum absolute atomic E-state index is 13.1. The molecule has 1 aromatic carbocycles. The minimum Gasteiger partial charge on any atom is -0.463 e. The Morgan fingerprint density at radius 3 is 2.37 bits per heavy atom. The molecule has 1 N–H and O–H groups in total. The molecule has 6 nitrogen and oxygen atoms in total. The number of carbonyl (C=O) groups is 2. The first-order valence-corrected chi connectivity index (χ1v) is 9.51. The van der Waals surface area contributed by atoms with Gasteiger partial charge in [0.05, 0.1) is 30.4 Å². The molecule has 0 aliphatic carbocycles. The minimum absolute atomic E-state index is 0.238. The van der Waals surface area contributed by atoms with Gasteiger partial charge in [-0.15, -0.1) is 0 Å². The summed E-state index contributed by atoms with van der Waals surface area (Å²) in [5.41, 5.74) is 2.58. The van der Waals surface area contributed by atoms with Crippen molar-refractivity contribution in [3.63, 3.8) is 0 Å². The van der Waals surface area contributed by atoms with E-state index >= 15 is 0 Å². The van der Waals surface area contributed by atoms with Crippen LogP contribution in [0, 0.1) is 13.8 Å².